The number of hydrogen-bond donors (Lipinski definition) is 0. The van der Waals surface area contributed by atoms with E-state index in [1.165, 1.54) is 44.4 Å². The van der Waals surface area contributed by atoms with Crippen molar-refractivity contribution in [1.82, 2.24) is 9.78 Å². The van der Waals surface area contributed by atoms with Crippen LogP contribution in [0.3, 0.4) is 0 Å². The van der Waals surface area contributed by atoms with Gasteiger partial charge < -0.3 is 14.5 Å². The lowest BCUT2D eigenvalue weighted by molar-refractivity contribution is 0.482. The van der Waals surface area contributed by atoms with Gasteiger partial charge in [0.1, 0.15) is 18.2 Å². The molecule has 0 bridgehead atoms. The van der Waals surface area contributed by atoms with Crippen LogP contribution < -0.4 is 14.5 Å². The van der Waals surface area contributed by atoms with Crippen molar-refractivity contribution in [2.24, 2.45) is 0 Å². The fourth-order valence-corrected chi connectivity index (χ4v) is 7.68. The van der Waals surface area contributed by atoms with Gasteiger partial charge in [-0.05, 0) is 52.9 Å². The number of anilines is 4. The number of hydrogen-bond acceptors (Lipinski definition) is 4. The van der Waals surface area contributed by atoms with Gasteiger partial charge in [0.05, 0.1) is 34.5 Å². The van der Waals surface area contributed by atoms with E-state index in [1.807, 2.05) is 47.3 Å². The van der Waals surface area contributed by atoms with Crippen LogP contribution in [0.5, 0.6) is 11.5 Å². The average molecular weight is 683 g/mol. The number of fused-ring (bicyclic) bond motifs is 4. The van der Waals surface area contributed by atoms with Gasteiger partial charge in [-0.15, -0.1) is 0 Å². The highest BCUT2D eigenvalue weighted by atomic mass is 16.5. The first kappa shape index (κ1) is 30.7. The molecule has 0 unspecified atom stereocenters. The molecule has 0 atom stereocenters. The molecule has 8 aromatic carbocycles. The van der Waals surface area contributed by atoms with E-state index in [0.717, 1.165) is 39.5 Å². The van der Waals surface area contributed by atoms with Gasteiger partial charge in [-0.25, -0.2) is 4.68 Å². The van der Waals surface area contributed by atoms with Crippen LogP contribution in [0.15, 0.2) is 194 Å². The number of para-hydroxylation sites is 2. The zero-order chi connectivity index (χ0) is 35.1. The second-order valence-electron chi connectivity index (χ2n) is 13.3. The van der Waals surface area contributed by atoms with Crippen LogP contribution in [-0.2, 0) is 0 Å². The van der Waals surface area contributed by atoms with E-state index in [2.05, 4.69) is 167 Å². The predicted octanol–water partition coefficient (Wildman–Crippen LogP) is 12.6. The van der Waals surface area contributed by atoms with Crippen LogP contribution in [0.1, 0.15) is 0 Å². The van der Waals surface area contributed by atoms with Crippen LogP contribution in [0.2, 0.25) is 0 Å². The average Bonchev–Trinajstić information content (AvgIpc) is 3.84. The topological polar surface area (TPSA) is 33.5 Å². The van der Waals surface area contributed by atoms with Crippen LogP contribution in [0.25, 0.3) is 49.6 Å². The SMILES string of the molecule is c1ccc(-c2cccc(-c3ccccc3)c2N2CN(c3cccc(Oc4cccc(-n5ncc6ccccc65)c4)c3)c3ccc4ccccc4c32)cc1. The van der Waals surface area contributed by atoms with Crippen LogP contribution in [0.4, 0.5) is 22.7 Å². The molecule has 0 spiro atoms. The number of ether oxygens (including phenoxy) is 1. The summed E-state index contributed by atoms with van der Waals surface area (Å²) in [5.74, 6) is 1.51. The van der Waals surface area contributed by atoms with Crippen LogP contribution in [-0.4, -0.2) is 16.4 Å². The van der Waals surface area contributed by atoms with Crippen molar-refractivity contribution in [1.29, 1.82) is 0 Å². The van der Waals surface area contributed by atoms with Crippen molar-refractivity contribution in [2.45, 2.75) is 0 Å². The highest BCUT2D eigenvalue weighted by Gasteiger charge is 2.33. The first-order valence-corrected chi connectivity index (χ1v) is 17.9. The minimum Gasteiger partial charge on any atom is -0.457 e. The van der Waals surface area contributed by atoms with E-state index in [0.29, 0.717) is 6.67 Å². The molecular formula is C48H34N4O. The third kappa shape index (κ3) is 5.47. The van der Waals surface area contributed by atoms with E-state index in [9.17, 15) is 0 Å². The van der Waals surface area contributed by atoms with E-state index >= 15 is 0 Å². The Morgan fingerprint density at radius 1 is 0.453 bits per heavy atom. The molecule has 0 saturated carbocycles. The third-order valence-corrected chi connectivity index (χ3v) is 10.1. The maximum Gasteiger partial charge on any atom is 0.129 e. The fraction of sp³-hybridized carbons (Fsp3) is 0.0208. The Kier molecular flexibility index (Phi) is 7.47. The first-order valence-electron chi connectivity index (χ1n) is 17.9. The highest BCUT2D eigenvalue weighted by Crippen LogP contribution is 2.52. The second kappa shape index (κ2) is 12.9. The lowest BCUT2D eigenvalue weighted by Gasteiger charge is -2.27. The molecule has 0 amide bonds. The summed E-state index contributed by atoms with van der Waals surface area (Å²) < 4.78 is 8.53. The van der Waals surface area contributed by atoms with Gasteiger partial charge in [0.25, 0.3) is 0 Å². The number of nitrogens with zero attached hydrogens (tertiary/aromatic N) is 4. The zero-order valence-electron chi connectivity index (χ0n) is 28.9. The Morgan fingerprint density at radius 2 is 1.06 bits per heavy atom. The molecule has 1 aromatic heterocycles. The van der Waals surface area contributed by atoms with Crippen molar-refractivity contribution < 1.29 is 4.74 Å². The molecule has 0 aliphatic carbocycles. The third-order valence-electron chi connectivity index (χ3n) is 10.1. The van der Waals surface area contributed by atoms with Crippen molar-refractivity contribution in [3.05, 3.63) is 194 Å². The van der Waals surface area contributed by atoms with Gasteiger partial charge in [-0.1, -0.05) is 140 Å². The molecule has 1 aliphatic rings. The monoisotopic (exact) mass is 682 g/mol. The van der Waals surface area contributed by atoms with Gasteiger partial charge in [0.15, 0.2) is 0 Å². The van der Waals surface area contributed by atoms with Crippen molar-refractivity contribution in [3.63, 3.8) is 0 Å². The zero-order valence-corrected chi connectivity index (χ0v) is 28.9. The quantitative estimate of drug-likeness (QED) is 0.168. The standard InChI is InChI=1S/C48H34N4O/c1-3-14-34(15-4-1)42-25-13-26-43(35-16-5-2-6-17-35)47(42)51-33-50(46-29-28-36-18-7-9-24-44(36)48(46)51)38-20-11-22-40(30-38)53-41-23-12-21-39(31-41)52-45-27-10-8-19-37(45)32-49-52/h1-32H,33H2. The molecule has 1 aliphatic heterocycles. The highest BCUT2D eigenvalue weighted by molar-refractivity contribution is 6.09. The maximum atomic E-state index is 6.57. The Labute approximate surface area is 308 Å². The first-order chi connectivity index (χ1) is 26.3. The van der Waals surface area contributed by atoms with E-state index in [4.69, 9.17) is 4.74 Å². The molecule has 0 N–H and O–H groups in total. The number of benzene rings is 8. The summed E-state index contributed by atoms with van der Waals surface area (Å²) in [5.41, 5.74) is 11.3. The number of aromatic nitrogens is 2. The van der Waals surface area contributed by atoms with Gasteiger partial charge in [-0.3, -0.25) is 0 Å². The summed E-state index contributed by atoms with van der Waals surface area (Å²) >= 11 is 0. The molecule has 0 saturated heterocycles. The van der Waals surface area contributed by atoms with E-state index in [1.54, 1.807) is 0 Å². The van der Waals surface area contributed by atoms with Crippen molar-refractivity contribution in [2.75, 3.05) is 16.5 Å². The van der Waals surface area contributed by atoms with Crippen LogP contribution in [0, 0.1) is 0 Å². The van der Waals surface area contributed by atoms with Gasteiger partial charge in [0.2, 0.25) is 0 Å². The molecule has 252 valence electrons. The maximum absolute atomic E-state index is 6.57. The van der Waals surface area contributed by atoms with Crippen molar-refractivity contribution >= 4 is 44.4 Å². The fourth-order valence-electron chi connectivity index (χ4n) is 7.68. The molecule has 5 nitrogen and oxygen atoms in total. The van der Waals surface area contributed by atoms with Crippen LogP contribution >= 0.6 is 0 Å². The predicted molar refractivity (Wildman–Crippen MR) is 218 cm³/mol. The largest absolute Gasteiger partial charge is 0.457 e. The number of rotatable bonds is 7. The summed E-state index contributed by atoms with van der Waals surface area (Å²) in [4.78, 5) is 4.91. The lowest BCUT2D eigenvalue weighted by atomic mass is 9.94. The Bertz CT molecular complexity index is 2700. The molecule has 53 heavy (non-hydrogen) atoms. The normalized spacial score (nSPS) is 12.4. The molecule has 9 aromatic rings. The van der Waals surface area contributed by atoms with Gasteiger partial charge in [-0.2, -0.15) is 5.10 Å². The molecular weight excluding hydrogens is 649 g/mol. The van der Waals surface area contributed by atoms with Crippen molar-refractivity contribution in [3.8, 4) is 39.4 Å². The van der Waals surface area contributed by atoms with Gasteiger partial charge >= 0.3 is 0 Å². The Hall–Kier alpha value is -7.11. The van der Waals surface area contributed by atoms with E-state index in [-0.39, 0.29) is 0 Å². The molecule has 0 fully saturated rings. The Morgan fingerprint density at radius 3 is 1.79 bits per heavy atom. The van der Waals surface area contributed by atoms with E-state index < -0.39 is 0 Å². The summed E-state index contributed by atoms with van der Waals surface area (Å²) in [5, 5.41) is 8.17. The minimum atomic E-state index is 0.623. The molecule has 5 heteroatoms. The minimum absolute atomic E-state index is 0.623. The second-order valence-corrected chi connectivity index (χ2v) is 13.3. The lowest BCUT2D eigenvalue weighted by Crippen LogP contribution is -2.25. The summed E-state index contributed by atoms with van der Waals surface area (Å²) in [6.07, 6.45) is 1.90. The molecule has 2 heterocycles. The van der Waals surface area contributed by atoms with Gasteiger partial charge in [0, 0.05) is 39.7 Å². The molecule has 0 radical (unpaired) electrons. The Balaban J connectivity index is 1.08. The summed E-state index contributed by atoms with van der Waals surface area (Å²) in [6, 6.07) is 66.0. The summed E-state index contributed by atoms with van der Waals surface area (Å²) in [7, 11) is 0. The summed E-state index contributed by atoms with van der Waals surface area (Å²) in [6.45, 7) is 0.623. The smallest absolute Gasteiger partial charge is 0.129 e. The molecule has 10 rings (SSSR count).